The highest BCUT2D eigenvalue weighted by atomic mass is 19.4. The molecule has 0 fully saturated rings. The van der Waals surface area contributed by atoms with Gasteiger partial charge in [0.2, 0.25) is 0 Å². The Morgan fingerprint density at radius 3 is 2.48 bits per heavy atom. The van der Waals surface area contributed by atoms with E-state index in [0.29, 0.717) is 0 Å². The minimum Gasteiger partial charge on any atom is -0.478 e. The molecule has 3 aromatic rings. The zero-order valence-corrected chi connectivity index (χ0v) is 13.7. The van der Waals surface area contributed by atoms with Crippen LogP contribution in [0.1, 0.15) is 21.5 Å². The molecule has 0 radical (unpaired) electrons. The van der Waals surface area contributed by atoms with Crippen molar-refractivity contribution in [1.29, 1.82) is 0 Å². The largest absolute Gasteiger partial charge is 0.478 e. The first kappa shape index (κ1) is 18.3. The third-order valence-electron chi connectivity index (χ3n) is 4.10. The van der Waals surface area contributed by atoms with Crippen molar-refractivity contribution in [3.8, 4) is 11.3 Å². The minimum atomic E-state index is -4.56. The number of alkyl halides is 3. The van der Waals surface area contributed by atoms with E-state index in [1.54, 1.807) is 0 Å². The van der Waals surface area contributed by atoms with E-state index in [0.717, 1.165) is 24.3 Å². The van der Waals surface area contributed by atoms with Crippen LogP contribution in [-0.2, 0) is 6.18 Å². The van der Waals surface area contributed by atoms with E-state index in [1.165, 1.54) is 25.1 Å². The average Bonchev–Trinajstić information content (AvgIpc) is 2.59. The van der Waals surface area contributed by atoms with Gasteiger partial charge in [-0.25, -0.2) is 9.78 Å². The van der Waals surface area contributed by atoms with Gasteiger partial charge in [-0.2, -0.15) is 13.2 Å². The molecule has 27 heavy (non-hydrogen) atoms. The molecule has 0 unspecified atom stereocenters. The van der Waals surface area contributed by atoms with Gasteiger partial charge < -0.3 is 5.11 Å². The molecule has 1 heterocycles. The molecule has 0 aliphatic heterocycles. The number of carbonyl (C=O) groups is 1. The second kappa shape index (κ2) is 6.35. The predicted octanol–water partition coefficient (Wildman–Crippen LogP) is 4.84. The summed E-state index contributed by atoms with van der Waals surface area (Å²) in [5, 5.41) is 20.6. The molecule has 0 bridgehead atoms. The van der Waals surface area contributed by atoms with Crippen LogP contribution >= 0.6 is 0 Å². The van der Waals surface area contributed by atoms with Crippen LogP contribution in [0.5, 0.6) is 0 Å². The van der Waals surface area contributed by atoms with E-state index in [1.807, 2.05) is 0 Å². The molecule has 0 aliphatic carbocycles. The van der Waals surface area contributed by atoms with Crippen LogP contribution in [0, 0.1) is 17.0 Å². The Labute approximate surface area is 150 Å². The van der Waals surface area contributed by atoms with Crippen molar-refractivity contribution >= 4 is 22.6 Å². The smallest absolute Gasteiger partial charge is 0.416 e. The Bertz CT molecular complexity index is 1090. The van der Waals surface area contributed by atoms with Gasteiger partial charge in [-0.3, -0.25) is 10.1 Å². The summed E-state index contributed by atoms with van der Waals surface area (Å²) in [5.74, 6) is -1.35. The number of rotatable bonds is 3. The lowest BCUT2D eigenvalue weighted by Gasteiger charge is -2.13. The lowest BCUT2D eigenvalue weighted by molar-refractivity contribution is -0.384. The predicted molar refractivity (Wildman–Crippen MR) is 90.5 cm³/mol. The molecule has 138 valence electrons. The maximum Gasteiger partial charge on any atom is 0.416 e. The number of aromatic carboxylic acids is 1. The summed E-state index contributed by atoms with van der Waals surface area (Å²) >= 11 is 0. The third kappa shape index (κ3) is 3.31. The normalized spacial score (nSPS) is 11.6. The molecule has 0 saturated carbocycles. The summed E-state index contributed by atoms with van der Waals surface area (Å²) in [7, 11) is 0. The monoisotopic (exact) mass is 376 g/mol. The lowest BCUT2D eigenvalue weighted by Crippen LogP contribution is -2.07. The molecule has 3 rings (SSSR count). The van der Waals surface area contributed by atoms with Crippen molar-refractivity contribution in [3.05, 3.63) is 69.3 Å². The molecule has 1 N–H and O–H groups in total. The number of carboxylic acid groups (broad SMARTS) is 1. The SMILES string of the molecule is Cc1c(-c2cccc(C(F)(F)F)c2)nc2ccc([N+](=O)[O-])cc2c1C(=O)O. The Morgan fingerprint density at radius 1 is 1.19 bits per heavy atom. The fourth-order valence-electron chi connectivity index (χ4n) is 2.86. The van der Waals surface area contributed by atoms with Gasteiger partial charge in [0.05, 0.1) is 27.3 Å². The maximum absolute atomic E-state index is 13.0. The number of fused-ring (bicyclic) bond motifs is 1. The molecule has 9 heteroatoms. The summed E-state index contributed by atoms with van der Waals surface area (Å²) in [4.78, 5) is 26.3. The molecule has 2 aromatic carbocycles. The van der Waals surface area contributed by atoms with Gasteiger partial charge in [0.1, 0.15) is 0 Å². The van der Waals surface area contributed by atoms with Crippen LogP contribution in [0.2, 0.25) is 0 Å². The van der Waals surface area contributed by atoms with Crippen molar-refractivity contribution in [2.45, 2.75) is 13.1 Å². The van der Waals surface area contributed by atoms with E-state index in [9.17, 15) is 33.2 Å². The number of aromatic nitrogens is 1. The fourth-order valence-corrected chi connectivity index (χ4v) is 2.86. The van der Waals surface area contributed by atoms with Crippen molar-refractivity contribution in [2.75, 3.05) is 0 Å². The van der Waals surface area contributed by atoms with Crippen molar-refractivity contribution in [3.63, 3.8) is 0 Å². The Kier molecular flexibility index (Phi) is 4.30. The Morgan fingerprint density at radius 2 is 1.89 bits per heavy atom. The number of non-ortho nitro benzene ring substituents is 1. The quantitative estimate of drug-likeness (QED) is 0.522. The first-order valence-corrected chi connectivity index (χ1v) is 7.59. The molecule has 0 saturated heterocycles. The van der Waals surface area contributed by atoms with Crippen LogP contribution < -0.4 is 0 Å². The van der Waals surface area contributed by atoms with E-state index >= 15 is 0 Å². The molecule has 6 nitrogen and oxygen atoms in total. The highest BCUT2D eigenvalue weighted by Crippen LogP contribution is 2.35. The number of pyridine rings is 1. The highest BCUT2D eigenvalue weighted by Gasteiger charge is 2.31. The van der Waals surface area contributed by atoms with E-state index in [2.05, 4.69) is 4.98 Å². The number of nitrogens with zero attached hydrogens (tertiary/aromatic N) is 2. The fraction of sp³-hybridized carbons (Fsp3) is 0.111. The van der Waals surface area contributed by atoms with Crippen molar-refractivity contribution in [1.82, 2.24) is 4.98 Å². The van der Waals surface area contributed by atoms with Gasteiger partial charge >= 0.3 is 12.1 Å². The standard InChI is InChI=1S/C18H11F3N2O4/c1-9-15(17(24)25)13-8-12(23(26)27)5-6-14(13)22-16(9)10-3-2-4-11(7-10)18(19,20)21/h2-8H,1H3,(H,24,25). The number of carboxylic acids is 1. The molecular formula is C18H11F3N2O4. The molecule has 0 spiro atoms. The number of halogens is 3. The van der Waals surface area contributed by atoms with Crippen LogP contribution in [0.25, 0.3) is 22.2 Å². The first-order chi connectivity index (χ1) is 12.6. The minimum absolute atomic E-state index is 0.0462. The summed E-state index contributed by atoms with van der Waals surface area (Å²) in [6.07, 6.45) is -4.56. The van der Waals surface area contributed by atoms with E-state index < -0.39 is 22.6 Å². The van der Waals surface area contributed by atoms with Gasteiger partial charge in [-0.15, -0.1) is 0 Å². The second-order valence-corrected chi connectivity index (χ2v) is 5.80. The summed E-state index contributed by atoms with van der Waals surface area (Å²) in [5.41, 5.74) is -1.01. The highest BCUT2D eigenvalue weighted by molar-refractivity contribution is 6.06. The Hall–Kier alpha value is -3.49. The lowest BCUT2D eigenvalue weighted by atomic mass is 9.96. The molecular weight excluding hydrogens is 365 g/mol. The van der Waals surface area contributed by atoms with E-state index in [-0.39, 0.29) is 39.0 Å². The van der Waals surface area contributed by atoms with Crippen LogP contribution in [0.4, 0.5) is 18.9 Å². The summed E-state index contributed by atoms with van der Waals surface area (Å²) in [6.45, 7) is 1.41. The second-order valence-electron chi connectivity index (χ2n) is 5.80. The number of nitro groups is 1. The zero-order valence-electron chi connectivity index (χ0n) is 13.7. The third-order valence-corrected chi connectivity index (χ3v) is 4.10. The topological polar surface area (TPSA) is 93.3 Å². The van der Waals surface area contributed by atoms with Crippen LogP contribution in [-0.4, -0.2) is 21.0 Å². The van der Waals surface area contributed by atoms with Crippen LogP contribution in [0.3, 0.4) is 0 Å². The van der Waals surface area contributed by atoms with Gasteiger partial charge in [0.15, 0.2) is 0 Å². The number of nitro benzene ring substituents is 1. The first-order valence-electron chi connectivity index (χ1n) is 7.59. The molecule has 0 aliphatic rings. The average molecular weight is 376 g/mol. The van der Waals surface area contributed by atoms with Gasteiger partial charge in [0, 0.05) is 23.1 Å². The van der Waals surface area contributed by atoms with Crippen molar-refractivity contribution in [2.24, 2.45) is 0 Å². The zero-order chi connectivity index (χ0) is 19.9. The van der Waals surface area contributed by atoms with Gasteiger partial charge in [-0.1, -0.05) is 12.1 Å². The number of hydrogen-bond acceptors (Lipinski definition) is 4. The maximum atomic E-state index is 13.0. The number of hydrogen-bond donors (Lipinski definition) is 1. The number of benzene rings is 2. The van der Waals surface area contributed by atoms with Crippen LogP contribution in [0.15, 0.2) is 42.5 Å². The van der Waals surface area contributed by atoms with Gasteiger partial charge in [0.25, 0.3) is 5.69 Å². The Balaban J connectivity index is 2.33. The van der Waals surface area contributed by atoms with Crippen molar-refractivity contribution < 1.29 is 28.0 Å². The van der Waals surface area contributed by atoms with E-state index in [4.69, 9.17) is 0 Å². The van der Waals surface area contributed by atoms with Gasteiger partial charge in [-0.05, 0) is 30.7 Å². The molecule has 0 amide bonds. The molecule has 0 atom stereocenters. The molecule has 1 aromatic heterocycles. The summed E-state index contributed by atoms with van der Waals surface area (Å²) in [6, 6.07) is 7.92. The summed E-state index contributed by atoms with van der Waals surface area (Å²) < 4.78 is 39.0.